The molecule has 1 aromatic rings. The highest BCUT2D eigenvalue weighted by molar-refractivity contribution is 8.01. The Morgan fingerprint density at radius 2 is 1.88 bits per heavy atom. The fourth-order valence-electron chi connectivity index (χ4n) is 3.85. The molecule has 2 aliphatic heterocycles. The Morgan fingerprint density at radius 3 is 2.44 bits per heavy atom. The number of ether oxygens (including phenoxy) is 1. The summed E-state index contributed by atoms with van der Waals surface area (Å²) in [6.45, 7) is 5.09. The first kappa shape index (κ1) is 23.5. The van der Waals surface area contributed by atoms with Gasteiger partial charge in [0.05, 0.1) is 7.11 Å². The number of esters is 1. The number of carbonyl (C=O) groups excluding carboxylic acids is 3. The van der Waals surface area contributed by atoms with Crippen molar-refractivity contribution in [2.24, 2.45) is 0 Å². The lowest BCUT2D eigenvalue weighted by atomic mass is 9.95. The summed E-state index contributed by atoms with van der Waals surface area (Å²) < 4.78 is 3.89. The third-order valence-corrected chi connectivity index (χ3v) is 6.94. The van der Waals surface area contributed by atoms with Gasteiger partial charge in [-0.15, -0.1) is 11.8 Å². The number of carboxylic acids is 1. The summed E-state index contributed by atoms with van der Waals surface area (Å²) in [6, 6.07) is 3.09. The molecule has 2 unspecified atom stereocenters. The number of thioether (sulfide) groups is 1. The predicted molar refractivity (Wildman–Crippen MR) is 115 cm³/mol. The van der Waals surface area contributed by atoms with Crippen LogP contribution in [-0.2, 0) is 23.9 Å². The zero-order valence-corrected chi connectivity index (χ0v) is 18.8. The summed E-state index contributed by atoms with van der Waals surface area (Å²) in [7, 11) is 1.23. The Balaban J connectivity index is 1.81. The van der Waals surface area contributed by atoms with Crippen molar-refractivity contribution < 1.29 is 34.1 Å². The molecule has 0 spiro atoms. The van der Waals surface area contributed by atoms with Gasteiger partial charge in [0.25, 0.3) is 0 Å². The van der Waals surface area contributed by atoms with Crippen molar-refractivity contribution in [2.75, 3.05) is 7.11 Å². The van der Waals surface area contributed by atoms with Crippen molar-refractivity contribution in [3.8, 4) is 5.75 Å². The topological polar surface area (TPSA) is 145 Å². The molecule has 10 nitrogen and oxygen atoms in total. The van der Waals surface area contributed by atoms with Gasteiger partial charge in [-0.1, -0.05) is 12.1 Å². The first-order valence-electron chi connectivity index (χ1n) is 9.81. The number of carboxylic acid groups (broad SMARTS) is 1. The smallest absolute Gasteiger partial charge is 0.332 e. The molecule has 2 heterocycles. The van der Waals surface area contributed by atoms with E-state index in [0.717, 1.165) is 0 Å². The van der Waals surface area contributed by atoms with E-state index in [-0.39, 0.29) is 5.75 Å². The SMILES string of the molecule is COC(=O)/C=C(\C)NC(C(=O)NC1C(=O)N2[C@@H]1SC(C)(C)[C@@H]2C(=O)O)c1ccc(O)cc1. The molecule has 3 rings (SSSR count). The van der Waals surface area contributed by atoms with Crippen LogP contribution in [0.2, 0.25) is 0 Å². The maximum absolute atomic E-state index is 13.2. The average molecular weight is 464 g/mol. The molecule has 2 amide bonds. The number of hydrogen-bond acceptors (Lipinski definition) is 8. The number of fused-ring (bicyclic) bond motifs is 1. The molecule has 1 aromatic carbocycles. The fourth-order valence-corrected chi connectivity index (χ4v) is 5.48. The van der Waals surface area contributed by atoms with Gasteiger partial charge in [-0.05, 0) is 38.5 Å². The van der Waals surface area contributed by atoms with Crippen LogP contribution in [0.4, 0.5) is 0 Å². The van der Waals surface area contributed by atoms with Crippen molar-refractivity contribution in [1.29, 1.82) is 0 Å². The van der Waals surface area contributed by atoms with Gasteiger partial charge < -0.3 is 30.5 Å². The molecule has 0 saturated carbocycles. The number of phenols is 1. The van der Waals surface area contributed by atoms with Crippen LogP contribution in [-0.4, -0.2) is 68.2 Å². The largest absolute Gasteiger partial charge is 0.508 e. The van der Waals surface area contributed by atoms with Crippen molar-refractivity contribution in [1.82, 2.24) is 15.5 Å². The third-order valence-electron chi connectivity index (χ3n) is 5.37. The van der Waals surface area contributed by atoms with Crippen molar-refractivity contribution in [3.63, 3.8) is 0 Å². The molecular formula is C21H25N3O7S. The maximum atomic E-state index is 13.2. The summed E-state index contributed by atoms with van der Waals surface area (Å²) >= 11 is 1.33. The second-order valence-electron chi connectivity index (χ2n) is 8.10. The lowest BCUT2D eigenvalue weighted by molar-refractivity contribution is -0.161. The highest BCUT2D eigenvalue weighted by Gasteiger charge is 2.64. The molecule has 0 bridgehead atoms. The molecule has 32 heavy (non-hydrogen) atoms. The molecular weight excluding hydrogens is 438 g/mol. The molecule has 2 aliphatic rings. The summed E-state index contributed by atoms with van der Waals surface area (Å²) in [5.41, 5.74) is 0.846. The number of amides is 2. The van der Waals surface area contributed by atoms with Gasteiger partial charge in [0.2, 0.25) is 11.8 Å². The first-order valence-corrected chi connectivity index (χ1v) is 10.7. The van der Waals surface area contributed by atoms with Gasteiger partial charge in [0.1, 0.15) is 29.2 Å². The second-order valence-corrected chi connectivity index (χ2v) is 9.87. The minimum Gasteiger partial charge on any atom is -0.508 e. The zero-order chi connectivity index (χ0) is 23.8. The van der Waals surface area contributed by atoms with E-state index in [0.29, 0.717) is 11.3 Å². The molecule has 4 atom stereocenters. The van der Waals surface area contributed by atoms with E-state index in [1.165, 1.54) is 42.0 Å². The molecule has 2 fully saturated rings. The summed E-state index contributed by atoms with van der Waals surface area (Å²) in [6.07, 6.45) is 1.18. The summed E-state index contributed by atoms with van der Waals surface area (Å²) in [5, 5.41) is 24.3. The first-order chi connectivity index (χ1) is 15.0. The predicted octanol–water partition coefficient (Wildman–Crippen LogP) is 0.731. The van der Waals surface area contributed by atoms with Crippen LogP contribution in [0.15, 0.2) is 36.0 Å². The highest BCUT2D eigenvalue weighted by atomic mass is 32.2. The number of carbonyl (C=O) groups is 4. The number of aliphatic carboxylic acids is 1. The fraction of sp³-hybridized carbons (Fsp3) is 0.429. The van der Waals surface area contributed by atoms with Gasteiger partial charge in [0.15, 0.2) is 0 Å². The molecule has 2 saturated heterocycles. The Morgan fingerprint density at radius 1 is 1.25 bits per heavy atom. The number of β-lactam (4-membered cyclic amide) rings is 1. The summed E-state index contributed by atoms with van der Waals surface area (Å²) in [4.78, 5) is 50.3. The van der Waals surface area contributed by atoms with Gasteiger partial charge in [0, 0.05) is 16.5 Å². The van der Waals surface area contributed by atoms with Gasteiger partial charge >= 0.3 is 11.9 Å². The number of phenolic OH excluding ortho intramolecular Hbond substituents is 1. The molecule has 4 N–H and O–H groups in total. The molecule has 172 valence electrons. The minimum atomic E-state index is -1.09. The highest BCUT2D eigenvalue weighted by Crippen LogP contribution is 2.50. The van der Waals surface area contributed by atoms with Gasteiger partial charge in [-0.25, -0.2) is 9.59 Å². The molecule has 0 aliphatic carbocycles. The van der Waals surface area contributed by atoms with E-state index in [1.54, 1.807) is 32.9 Å². The van der Waals surface area contributed by atoms with E-state index in [1.807, 2.05) is 0 Å². The number of nitrogens with one attached hydrogen (secondary N) is 2. The van der Waals surface area contributed by atoms with Crippen LogP contribution in [0.25, 0.3) is 0 Å². The average Bonchev–Trinajstić information content (AvgIpc) is 2.98. The van der Waals surface area contributed by atoms with E-state index < -0.39 is 52.0 Å². The van der Waals surface area contributed by atoms with E-state index in [4.69, 9.17) is 0 Å². The molecule has 0 radical (unpaired) electrons. The lowest BCUT2D eigenvalue weighted by Gasteiger charge is -2.44. The zero-order valence-electron chi connectivity index (χ0n) is 18.0. The number of allylic oxidation sites excluding steroid dienone is 1. The Bertz CT molecular complexity index is 976. The normalized spacial score (nSPS) is 24.8. The van der Waals surface area contributed by atoms with E-state index in [2.05, 4.69) is 15.4 Å². The molecule has 0 aromatic heterocycles. The number of rotatable bonds is 7. The monoisotopic (exact) mass is 463 g/mol. The van der Waals surface area contributed by atoms with Crippen LogP contribution in [0, 0.1) is 0 Å². The van der Waals surface area contributed by atoms with Gasteiger partial charge in [-0.2, -0.15) is 0 Å². The van der Waals surface area contributed by atoms with Crippen LogP contribution in [0.3, 0.4) is 0 Å². The van der Waals surface area contributed by atoms with Crippen molar-refractivity contribution in [3.05, 3.63) is 41.6 Å². The standard InChI is InChI=1S/C21H25N3O7S/c1-10(9-13(26)31-4)22-14(11-5-7-12(25)8-6-11)17(27)23-15-18(28)24-16(20(29)30)21(2,3)32-19(15)24/h5-9,14-16,19,22,25H,1-4H3,(H,23,27)(H,29,30)/b10-9+/t14?,15?,16-,19+/m0/s1. The number of methoxy groups -OCH3 is 1. The Hall–Kier alpha value is -3.21. The van der Waals surface area contributed by atoms with Gasteiger partial charge in [-0.3, -0.25) is 9.59 Å². The van der Waals surface area contributed by atoms with Crippen molar-refractivity contribution >= 4 is 35.5 Å². The quantitative estimate of drug-likeness (QED) is 0.261. The Labute approximate surface area is 189 Å². The van der Waals surface area contributed by atoms with Crippen LogP contribution in [0.1, 0.15) is 32.4 Å². The number of nitrogens with zero attached hydrogens (tertiary/aromatic N) is 1. The minimum absolute atomic E-state index is 0.0174. The van der Waals surface area contributed by atoms with Crippen molar-refractivity contribution in [2.45, 2.75) is 49.0 Å². The number of hydrogen-bond donors (Lipinski definition) is 4. The maximum Gasteiger partial charge on any atom is 0.332 e. The number of benzene rings is 1. The van der Waals surface area contributed by atoms with Crippen LogP contribution in [0.5, 0.6) is 5.75 Å². The van der Waals surface area contributed by atoms with Crippen LogP contribution >= 0.6 is 11.8 Å². The summed E-state index contributed by atoms with van der Waals surface area (Å²) in [5.74, 6) is -2.67. The second kappa shape index (κ2) is 8.73. The lowest BCUT2D eigenvalue weighted by Crippen LogP contribution is -2.71. The number of aromatic hydroxyl groups is 1. The van der Waals surface area contributed by atoms with E-state index >= 15 is 0 Å². The van der Waals surface area contributed by atoms with E-state index in [9.17, 15) is 29.4 Å². The third kappa shape index (κ3) is 4.38. The molecule has 11 heteroatoms. The Kier molecular flexibility index (Phi) is 6.40. The van der Waals surface area contributed by atoms with Crippen LogP contribution < -0.4 is 10.6 Å².